The van der Waals surface area contributed by atoms with Gasteiger partial charge in [0.1, 0.15) is 0 Å². The van der Waals surface area contributed by atoms with Crippen LogP contribution in [0, 0.1) is 0 Å². The third-order valence-corrected chi connectivity index (χ3v) is 6.81. The minimum atomic E-state index is -5.07. The lowest BCUT2D eigenvalue weighted by molar-refractivity contribution is -0.143. The van der Waals surface area contributed by atoms with Crippen molar-refractivity contribution in [3.05, 3.63) is 70.9 Å². The van der Waals surface area contributed by atoms with Crippen LogP contribution in [0.4, 0.5) is 26.3 Å². The molecule has 2 heterocycles. The van der Waals surface area contributed by atoms with Gasteiger partial charge in [0.15, 0.2) is 0 Å². The van der Waals surface area contributed by atoms with E-state index in [1.54, 1.807) is 11.1 Å². The quantitative estimate of drug-likeness (QED) is 0.375. The van der Waals surface area contributed by atoms with Crippen molar-refractivity contribution in [3.8, 4) is 0 Å². The number of nitrogens with zero attached hydrogens (tertiary/aromatic N) is 2. The highest BCUT2D eigenvalue weighted by molar-refractivity contribution is 5.95. The minimum Gasteiger partial charge on any atom is -0.361 e. The van der Waals surface area contributed by atoms with Crippen LogP contribution in [0.5, 0.6) is 0 Å². The molecule has 0 saturated carbocycles. The molecule has 1 fully saturated rings. The van der Waals surface area contributed by atoms with Crippen LogP contribution in [0.3, 0.4) is 0 Å². The number of unbranched alkanes of at least 4 members (excludes halogenated alkanes) is 1. The first-order chi connectivity index (χ1) is 17.9. The zero-order valence-corrected chi connectivity index (χ0v) is 20.6. The van der Waals surface area contributed by atoms with Crippen molar-refractivity contribution in [3.63, 3.8) is 0 Å². The molecular formula is C27H27F6N3O2. The average Bonchev–Trinajstić information content (AvgIpc) is 3.28. The number of rotatable bonds is 6. The summed E-state index contributed by atoms with van der Waals surface area (Å²) in [5.74, 6) is -1.03. The number of aromatic amines is 1. The standard InChI is InChI=1S/C27H27F6N3O2/c1-2-3-8-24(37)35-9-10-36(21(16-35)13-18-15-34-23-7-5-4-6-22(18)23)25(38)17-11-19(26(28,29)30)14-20(12-17)27(31,32)33/h4-7,11-12,14-15,21,34H,2-3,8-10,13,16H2,1H3/t21-/m1/s1. The SMILES string of the molecule is CCCCC(=O)N1CCN(C(=O)c2cc(C(F)(F)F)cc(C(F)(F)F)c2)[C@H](Cc2c[nH]c3ccccc23)C1. The number of H-pyrrole nitrogens is 1. The van der Waals surface area contributed by atoms with Gasteiger partial charge in [-0.3, -0.25) is 9.59 Å². The summed E-state index contributed by atoms with van der Waals surface area (Å²) in [5.41, 5.74) is -2.11. The first-order valence-electron chi connectivity index (χ1n) is 12.3. The van der Waals surface area contributed by atoms with Gasteiger partial charge in [-0.2, -0.15) is 26.3 Å². The van der Waals surface area contributed by atoms with Crippen molar-refractivity contribution in [2.45, 2.75) is 51.0 Å². The molecule has 1 atom stereocenters. The second-order valence-corrected chi connectivity index (χ2v) is 9.45. The predicted molar refractivity (Wildman–Crippen MR) is 129 cm³/mol. The number of alkyl halides is 6. The molecule has 0 unspecified atom stereocenters. The summed E-state index contributed by atoms with van der Waals surface area (Å²) in [4.78, 5) is 32.3. The number of piperazine rings is 1. The lowest BCUT2D eigenvalue weighted by atomic mass is 9.98. The first-order valence-corrected chi connectivity index (χ1v) is 12.3. The van der Waals surface area contributed by atoms with E-state index >= 15 is 0 Å². The number of halogens is 6. The van der Waals surface area contributed by atoms with E-state index in [0.29, 0.717) is 25.0 Å². The number of carbonyl (C=O) groups is 2. The molecule has 204 valence electrons. The summed E-state index contributed by atoms with van der Waals surface area (Å²) in [6, 6.07) is 7.70. The number of hydrogen-bond donors (Lipinski definition) is 1. The second kappa shape index (κ2) is 10.7. The molecule has 0 bridgehead atoms. The highest BCUT2D eigenvalue weighted by Crippen LogP contribution is 2.37. The van der Waals surface area contributed by atoms with Gasteiger partial charge in [-0.15, -0.1) is 0 Å². The number of benzene rings is 2. The van der Waals surface area contributed by atoms with Crippen LogP contribution in [0.1, 0.15) is 53.2 Å². The zero-order chi connectivity index (χ0) is 27.7. The molecule has 11 heteroatoms. The fraction of sp³-hybridized carbons (Fsp3) is 0.407. The molecule has 4 rings (SSSR count). The Bertz CT molecular complexity index is 1280. The molecule has 3 aromatic rings. The van der Waals surface area contributed by atoms with Crippen LogP contribution in [0.25, 0.3) is 10.9 Å². The Morgan fingerprint density at radius 2 is 1.63 bits per heavy atom. The minimum absolute atomic E-state index is 0.00450. The van der Waals surface area contributed by atoms with E-state index < -0.39 is 41.0 Å². The number of fused-ring (bicyclic) bond motifs is 1. The normalized spacial score (nSPS) is 16.8. The third kappa shape index (κ3) is 5.97. The highest BCUT2D eigenvalue weighted by atomic mass is 19.4. The van der Waals surface area contributed by atoms with Crippen molar-refractivity contribution < 1.29 is 35.9 Å². The number of hydrogen-bond acceptors (Lipinski definition) is 2. The Hall–Kier alpha value is -3.50. The molecule has 1 saturated heterocycles. The summed E-state index contributed by atoms with van der Waals surface area (Å²) in [6.07, 6.45) is -6.27. The van der Waals surface area contributed by atoms with E-state index in [2.05, 4.69) is 4.98 Å². The molecule has 1 aromatic heterocycles. The second-order valence-electron chi connectivity index (χ2n) is 9.45. The van der Waals surface area contributed by atoms with Crippen LogP contribution in [-0.2, 0) is 23.6 Å². The van der Waals surface area contributed by atoms with Crippen molar-refractivity contribution in [1.29, 1.82) is 0 Å². The van der Waals surface area contributed by atoms with E-state index in [0.717, 1.165) is 22.9 Å². The van der Waals surface area contributed by atoms with Gasteiger partial charge in [-0.05, 0) is 42.7 Å². The molecule has 2 aromatic carbocycles. The smallest absolute Gasteiger partial charge is 0.361 e. The van der Waals surface area contributed by atoms with Crippen molar-refractivity contribution in [2.24, 2.45) is 0 Å². The Balaban J connectivity index is 1.69. The van der Waals surface area contributed by atoms with Crippen LogP contribution in [0.15, 0.2) is 48.7 Å². The van der Waals surface area contributed by atoms with E-state index in [-0.39, 0.29) is 38.0 Å². The van der Waals surface area contributed by atoms with Gasteiger partial charge in [-0.25, -0.2) is 0 Å². The van der Waals surface area contributed by atoms with Crippen LogP contribution >= 0.6 is 0 Å². The summed E-state index contributed by atoms with van der Waals surface area (Å²) in [5, 5.41) is 0.882. The highest BCUT2D eigenvalue weighted by Gasteiger charge is 2.39. The summed E-state index contributed by atoms with van der Waals surface area (Å²) in [6.45, 7) is 2.21. The van der Waals surface area contributed by atoms with Gasteiger partial charge in [-0.1, -0.05) is 31.5 Å². The molecule has 5 nitrogen and oxygen atoms in total. The predicted octanol–water partition coefficient (Wildman–Crippen LogP) is 6.29. The molecule has 0 radical (unpaired) electrons. The maximum atomic E-state index is 13.5. The molecule has 2 amide bonds. The topological polar surface area (TPSA) is 56.4 Å². The molecule has 38 heavy (non-hydrogen) atoms. The van der Waals surface area contributed by atoms with E-state index in [9.17, 15) is 35.9 Å². The van der Waals surface area contributed by atoms with E-state index in [1.165, 1.54) is 4.90 Å². The molecule has 1 aliphatic rings. The lowest BCUT2D eigenvalue weighted by Gasteiger charge is -2.42. The van der Waals surface area contributed by atoms with Crippen LogP contribution < -0.4 is 0 Å². The maximum Gasteiger partial charge on any atom is 0.416 e. The molecule has 0 spiro atoms. The maximum absolute atomic E-state index is 13.5. The van der Waals surface area contributed by atoms with Crippen molar-refractivity contribution in [1.82, 2.24) is 14.8 Å². The largest absolute Gasteiger partial charge is 0.416 e. The summed E-state index contributed by atoms with van der Waals surface area (Å²) < 4.78 is 80.5. The third-order valence-electron chi connectivity index (χ3n) is 6.81. The number of aromatic nitrogens is 1. The van der Waals surface area contributed by atoms with E-state index in [4.69, 9.17) is 0 Å². The zero-order valence-electron chi connectivity index (χ0n) is 20.6. The van der Waals surface area contributed by atoms with Gasteiger partial charge >= 0.3 is 12.4 Å². The Labute approximate surface area is 215 Å². The van der Waals surface area contributed by atoms with Crippen LogP contribution in [-0.4, -0.2) is 52.3 Å². The number of para-hydroxylation sites is 1. The molecule has 0 aliphatic carbocycles. The van der Waals surface area contributed by atoms with E-state index in [1.807, 2.05) is 31.2 Å². The summed E-state index contributed by atoms with van der Waals surface area (Å²) in [7, 11) is 0. The number of nitrogens with one attached hydrogen (secondary N) is 1. The summed E-state index contributed by atoms with van der Waals surface area (Å²) >= 11 is 0. The molecule has 1 aliphatic heterocycles. The van der Waals surface area contributed by atoms with Gasteiger partial charge in [0.2, 0.25) is 5.91 Å². The number of carbonyl (C=O) groups excluding carboxylic acids is 2. The monoisotopic (exact) mass is 539 g/mol. The lowest BCUT2D eigenvalue weighted by Crippen LogP contribution is -2.57. The number of amides is 2. The Morgan fingerprint density at radius 1 is 0.974 bits per heavy atom. The van der Waals surface area contributed by atoms with Gasteiger partial charge in [0, 0.05) is 48.7 Å². The molecule has 1 N–H and O–H groups in total. The fourth-order valence-corrected chi connectivity index (χ4v) is 4.81. The Morgan fingerprint density at radius 3 is 2.26 bits per heavy atom. The first kappa shape index (κ1) is 27.5. The molecular weight excluding hydrogens is 512 g/mol. The van der Waals surface area contributed by atoms with Crippen LogP contribution in [0.2, 0.25) is 0 Å². The van der Waals surface area contributed by atoms with Gasteiger partial charge < -0.3 is 14.8 Å². The fourth-order valence-electron chi connectivity index (χ4n) is 4.81. The van der Waals surface area contributed by atoms with Gasteiger partial charge in [0.25, 0.3) is 5.91 Å². The Kier molecular flexibility index (Phi) is 7.75. The van der Waals surface area contributed by atoms with Gasteiger partial charge in [0.05, 0.1) is 17.2 Å². The average molecular weight is 540 g/mol. The van der Waals surface area contributed by atoms with Crippen molar-refractivity contribution in [2.75, 3.05) is 19.6 Å². The van der Waals surface area contributed by atoms with Crippen molar-refractivity contribution >= 4 is 22.7 Å².